The average Bonchev–Trinajstić information content (AvgIpc) is 2.94. The molecule has 1 fully saturated rings. The van der Waals surface area contributed by atoms with Gasteiger partial charge in [-0.1, -0.05) is 47.5 Å². The third-order valence-corrected chi connectivity index (χ3v) is 6.64. The highest BCUT2D eigenvalue weighted by molar-refractivity contribution is 6.43. The molecule has 0 spiro atoms. The maximum atomic E-state index is 13.3. The molecule has 2 aliphatic rings. The molecule has 0 aliphatic carbocycles. The smallest absolute Gasteiger partial charge is 0.317 e. The molecule has 1 unspecified atom stereocenters. The third kappa shape index (κ3) is 5.23. The van der Waals surface area contributed by atoms with Crippen LogP contribution in [0.1, 0.15) is 36.9 Å². The summed E-state index contributed by atoms with van der Waals surface area (Å²) < 4.78 is 13.3. The Balaban J connectivity index is 1.71. The standard InChI is InChI=1S/C22H27Cl2FN4O/c1-14(27-22(30)29(3)16-9-12-28(2)13-10-16)17-5-6-18(21(24)20(17)23)15-4-7-19(25)26-11-8-15/h4-8,14,16H,9-13H2,1-3H3,(H,27,30). The molecule has 1 saturated heterocycles. The van der Waals surface area contributed by atoms with Crippen LogP contribution in [-0.4, -0.2) is 61.6 Å². The fourth-order valence-corrected chi connectivity index (χ4v) is 4.35. The van der Waals surface area contributed by atoms with Gasteiger partial charge in [0.2, 0.25) is 5.97 Å². The summed E-state index contributed by atoms with van der Waals surface area (Å²) in [6.45, 7) is 4.09. The van der Waals surface area contributed by atoms with Crippen molar-refractivity contribution in [1.82, 2.24) is 15.1 Å². The van der Waals surface area contributed by atoms with E-state index < -0.39 is 5.97 Å². The van der Waals surface area contributed by atoms with Gasteiger partial charge in [-0.2, -0.15) is 4.39 Å². The van der Waals surface area contributed by atoms with E-state index in [1.807, 2.05) is 26.1 Å². The summed E-state index contributed by atoms with van der Waals surface area (Å²) in [7, 11) is 3.93. The highest BCUT2D eigenvalue weighted by Crippen LogP contribution is 2.36. The van der Waals surface area contributed by atoms with Crippen molar-refractivity contribution in [3.8, 4) is 0 Å². The lowest BCUT2D eigenvalue weighted by molar-refractivity contribution is 0.146. The van der Waals surface area contributed by atoms with Gasteiger partial charge in [-0.25, -0.2) is 4.79 Å². The van der Waals surface area contributed by atoms with Crippen molar-refractivity contribution in [1.29, 1.82) is 0 Å². The van der Waals surface area contributed by atoms with Crippen LogP contribution in [-0.2, 0) is 0 Å². The van der Waals surface area contributed by atoms with Crippen LogP contribution in [0.15, 0.2) is 35.4 Å². The van der Waals surface area contributed by atoms with Gasteiger partial charge in [-0.3, -0.25) is 4.99 Å². The van der Waals surface area contributed by atoms with Gasteiger partial charge in [0.25, 0.3) is 0 Å². The van der Waals surface area contributed by atoms with Gasteiger partial charge in [0.05, 0.1) is 22.6 Å². The van der Waals surface area contributed by atoms with Crippen molar-refractivity contribution >= 4 is 40.8 Å². The van der Waals surface area contributed by atoms with Crippen molar-refractivity contribution in [2.75, 3.05) is 33.7 Å². The molecule has 0 radical (unpaired) electrons. The monoisotopic (exact) mass is 452 g/mol. The summed E-state index contributed by atoms with van der Waals surface area (Å²) in [4.78, 5) is 20.5. The second-order valence-electron chi connectivity index (χ2n) is 7.80. The molecule has 1 aromatic carbocycles. The number of benzene rings is 1. The van der Waals surface area contributed by atoms with E-state index in [4.69, 9.17) is 23.2 Å². The van der Waals surface area contributed by atoms with Gasteiger partial charge in [0.15, 0.2) is 0 Å². The molecule has 0 saturated carbocycles. The maximum absolute atomic E-state index is 13.3. The Bertz CT molecular complexity index is 891. The predicted molar refractivity (Wildman–Crippen MR) is 122 cm³/mol. The topological polar surface area (TPSA) is 47.9 Å². The molecule has 2 aliphatic heterocycles. The SMILES string of the molecule is CC(NC(=O)N(C)C1CCN(C)CC1)c1ccc(C2=CCN=C(F)C=C2)c(Cl)c1Cl. The largest absolute Gasteiger partial charge is 0.331 e. The van der Waals surface area contributed by atoms with Crippen LogP contribution >= 0.6 is 23.2 Å². The lowest BCUT2D eigenvalue weighted by Gasteiger charge is -2.35. The summed E-state index contributed by atoms with van der Waals surface area (Å²) in [5.74, 6) is -0.523. The molecule has 1 aromatic rings. The van der Waals surface area contributed by atoms with Crippen molar-refractivity contribution in [2.24, 2.45) is 4.99 Å². The Kier molecular flexibility index (Phi) is 7.55. The van der Waals surface area contributed by atoms with Gasteiger partial charge in [-0.15, -0.1) is 0 Å². The number of carbonyl (C=O) groups excluding carboxylic acids is 1. The number of carbonyl (C=O) groups is 1. The molecule has 2 heterocycles. The van der Waals surface area contributed by atoms with E-state index >= 15 is 0 Å². The number of amides is 2. The number of rotatable bonds is 4. The van der Waals surface area contributed by atoms with Gasteiger partial charge in [0.1, 0.15) is 0 Å². The predicted octanol–water partition coefficient (Wildman–Crippen LogP) is 5.11. The van der Waals surface area contributed by atoms with E-state index in [2.05, 4.69) is 22.3 Å². The first-order valence-electron chi connectivity index (χ1n) is 10.1. The molecular weight excluding hydrogens is 426 g/mol. The van der Waals surface area contributed by atoms with Crippen LogP contribution in [0.2, 0.25) is 10.0 Å². The summed E-state index contributed by atoms with van der Waals surface area (Å²) >= 11 is 13.1. The van der Waals surface area contributed by atoms with Crippen molar-refractivity contribution < 1.29 is 9.18 Å². The number of nitrogens with zero attached hydrogens (tertiary/aromatic N) is 3. The molecule has 1 atom stereocenters. The number of piperidine rings is 1. The van der Waals surface area contributed by atoms with Crippen LogP contribution < -0.4 is 5.32 Å². The lowest BCUT2D eigenvalue weighted by atomic mass is 10.00. The van der Waals surface area contributed by atoms with E-state index in [9.17, 15) is 9.18 Å². The summed E-state index contributed by atoms with van der Waals surface area (Å²) in [5, 5.41) is 3.77. The van der Waals surface area contributed by atoms with Crippen LogP contribution in [0.25, 0.3) is 5.57 Å². The van der Waals surface area contributed by atoms with Crippen LogP contribution in [0.5, 0.6) is 0 Å². The van der Waals surface area contributed by atoms with Crippen LogP contribution in [0.4, 0.5) is 9.18 Å². The van der Waals surface area contributed by atoms with Gasteiger partial charge < -0.3 is 15.1 Å². The number of nitrogens with one attached hydrogen (secondary N) is 1. The Morgan fingerprint density at radius 2 is 1.97 bits per heavy atom. The Morgan fingerprint density at radius 3 is 2.67 bits per heavy atom. The zero-order chi connectivity index (χ0) is 21.8. The van der Waals surface area contributed by atoms with Gasteiger partial charge >= 0.3 is 6.03 Å². The molecule has 3 rings (SSSR count). The Labute approximate surface area is 187 Å². The molecule has 0 bridgehead atoms. The maximum Gasteiger partial charge on any atom is 0.317 e. The van der Waals surface area contributed by atoms with Gasteiger partial charge in [0, 0.05) is 18.7 Å². The molecular formula is C22H27Cl2FN4O. The average molecular weight is 453 g/mol. The fraction of sp³-hybridized carbons (Fsp3) is 0.455. The number of aliphatic imine (C=N–C) groups is 1. The normalized spacial score (nSPS) is 19.0. The van der Waals surface area contributed by atoms with E-state index in [0.717, 1.165) is 37.1 Å². The first-order chi connectivity index (χ1) is 14.3. The van der Waals surface area contributed by atoms with E-state index in [1.54, 1.807) is 17.1 Å². The highest BCUT2D eigenvalue weighted by atomic mass is 35.5. The number of hydrogen-bond acceptors (Lipinski definition) is 3. The lowest BCUT2D eigenvalue weighted by Crippen LogP contribution is -2.48. The fourth-order valence-electron chi connectivity index (χ4n) is 3.74. The van der Waals surface area contributed by atoms with E-state index in [-0.39, 0.29) is 24.7 Å². The zero-order valence-corrected chi connectivity index (χ0v) is 19.0. The van der Waals surface area contributed by atoms with Crippen LogP contribution in [0.3, 0.4) is 0 Å². The number of allylic oxidation sites excluding steroid dienone is 3. The van der Waals surface area contributed by atoms with Crippen molar-refractivity contribution in [3.63, 3.8) is 0 Å². The molecule has 162 valence electrons. The summed E-state index contributed by atoms with van der Waals surface area (Å²) in [6.07, 6.45) is 6.65. The number of likely N-dealkylation sites (tertiary alicyclic amines) is 1. The summed E-state index contributed by atoms with van der Waals surface area (Å²) in [6, 6.07) is 3.47. The second kappa shape index (κ2) is 9.94. The minimum atomic E-state index is -0.523. The second-order valence-corrected chi connectivity index (χ2v) is 8.56. The third-order valence-electron chi connectivity index (χ3n) is 5.74. The first kappa shape index (κ1) is 22.8. The number of urea groups is 1. The van der Waals surface area contributed by atoms with Crippen molar-refractivity contribution in [3.05, 3.63) is 51.5 Å². The van der Waals surface area contributed by atoms with E-state index in [1.165, 1.54) is 6.08 Å². The first-order valence-corrected chi connectivity index (χ1v) is 10.8. The molecule has 0 aromatic heterocycles. The Hall–Kier alpha value is -1.89. The number of halogens is 3. The molecule has 8 heteroatoms. The number of hydrogen-bond donors (Lipinski definition) is 1. The highest BCUT2D eigenvalue weighted by Gasteiger charge is 2.25. The minimum Gasteiger partial charge on any atom is -0.331 e. The summed E-state index contributed by atoms with van der Waals surface area (Å²) in [5.41, 5.74) is 2.19. The molecule has 2 amide bonds. The molecule has 30 heavy (non-hydrogen) atoms. The van der Waals surface area contributed by atoms with Crippen LogP contribution in [0, 0.1) is 0 Å². The minimum absolute atomic E-state index is 0.129. The molecule has 1 N–H and O–H groups in total. The Morgan fingerprint density at radius 1 is 1.27 bits per heavy atom. The van der Waals surface area contributed by atoms with E-state index in [0.29, 0.717) is 15.6 Å². The molecule has 5 nitrogen and oxygen atoms in total. The quantitative estimate of drug-likeness (QED) is 0.689. The van der Waals surface area contributed by atoms with Crippen molar-refractivity contribution in [2.45, 2.75) is 31.8 Å². The van der Waals surface area contributed by atoms with Gasteiger partial charge in [-0.05, 0) is 57.1 Å². The zero-order valence-electron chi connectivity index (χ0n) is 17.5.